The Kier molecular flexibility index (Phi) is 8.42. The molecule has 11 heteroatoms. The van der Waals surface area contributed by atoms with Gasteiger partial charge in [-0.05, 0) is 42.3 Å². The normalized spacial score (nSPS) is 11.5. The molecule has 2 aromatic carbocycles. The van der Waals surface area contributed by atoms with Crippen molar-refractivity contribution in [3.63, 3.8) is 0 Å². The molecule has 3 rings (SSSR count). The zero-order valence-electron chi connectivity index (χ0n) is 18.4. The lowest BCUT2D eigenvalue weighted by Crippen LogP contribution is -2.36. The second-order valence-electron chi connectivity index (χ2n) is 7.94. The first-order valence-electron chi connectivity index (χ1n) is 10.4. The van der Waals surface area contributed by atoms with Crippen molar-refractivity contribution < 1.29 is 22.8 Å². The van der Waals surface area contributed by atoms with Gasteiger partial charge in [-0.1, -0.05) is 53.2 Å². The zero-order valence-corrected chi connectivity index (χ0v) is 20.8. The number of carbonyl (C=O) groups excluding carboxylic acids is 2. The van der Waals surface area contributed by atoms with E-state index in [2.05, 4.69) is 31.4 Å². The van der Waals surface area contributed by atoms with E-state index >= 15 is 0 Å². The highest BCUT2D eigenvalue weighted by Gasteiger charge is 2.30. The van der Waals surface area contributed by atoms with Gasteiger partial charge in [0, 0.05) is 35.1 Å². The highest BCUT2D eigenvalue weighted by Crippen LogP contribution is 2.32. The molecule has 0 spiro atoms. The number of nitrogens with zero attached hydrogens (tertiary/aromatic N) is 3. The third kappa shape index (κ3) is 7.10. The Bertz CT molecular complexity index is 1130. The molecule has 3 aromatic rings. The summed E-state index contributed by atoms with van der Waals surface area (Å²) in [6, 6.07) is 11.6. The molecule has 0 bridgehead atoms. The molecule has 180 valence electrons. The van der Waals surface area contributed by atoms with E-state index < -0.39 is 11.7 Å². The van der Waals surface area contributed by atoms with Crippen molar-refractivity contribution in [2.75, 3.05) is 18.4 Å². The molecule has 0 saturated heterocycles. The van der Waals surface area contributed by atoms with E-state index in [1.165, 1.54) is 12.1 Å². The summed E-state index contributed by atoms with van der Waals surface area (Å²) >= 11 is 4.40. The van der Waals surface area contributed by atoms with Gasteiger partial charge in [0.1, 0.15) is 5.01 Å². The average Bonchev–Trinajstić information content (AvgIpc) is 3.24. The van der Waals surface area contributed by atoms with Gasteiger partial charge < -0.3 is 10.2 Å². The average molecular weight is 555 g/mol. The largest absolute Gasteiger partial charge is 0.416 e. The van der Waals surface area contributed by atoms with E-state index in [0.717, 1.165) is 27.9 Å². The van der Waals surface area contributed by atoms with Crippen LogP contribution in [0.3, 0.4) is 0 Å². The summed E-state index contributed by atoms with van der Waals surface area (Å²) < 4.78 is 39.1. The van der Waals surface area contributed by atoms with E-state index in [0.29, 0.717) is 22.7 Å². The second kappa shape index (κ2) is 11.1. The summed E-state index contributed by atoms with van der Waals surface area (Å²) in [5, 5.41) is 11.1. The summed E-state index contributed by atoms with van der Waals surface area (Å²) in [6.45, 7) is 4.71. The maximum absolute atomic E-state index is 12.9. The molecule has 0 atom stereocenters. The lowest BCUT2D eigenvalue weighted by atomic mass is 10.1. The van der Waals surface area contributed by atoms with Crippen molar-refractivity contribution in [2.45, 2.75) is 26.4 Å². The Balaban J connectivity index is 1.60. The van der Waals surface area contributed by atoms with Crippen LogP contribution in [0.2, 0.25) is 0 Å². The fourth-order valence-electron chi connectivity index (χ4n) is 3.10. The van der Waals surface area contributed by atoms with Crippen molar-refractivity contribution in [3.05, 3.63) is 64.1 Å². The van der Waals surface area contributed by atoms with Crippen molar-refractivity contribution in [2.24, 2.45) is 5.92 Å². The quantitative estimate of drug-likeness (QED) is 0.364. The van der Waals surface area contributed by atoms with Crippen molar-refractivity contribution in [1.82, 2.24) is 15.1 Å². The highest BCUT2D eigenvalue weighted by atomic mass is 79.9. The number of aromatic nitrogens is 2. The van der Waals surface area contributed by atoms with Gasteiger partial charge >= 0.3 is 6.18 Å². The molecular formula is C23H22BrF3N4O2S. The summed E-state index contributed by atoms with van der Waals surface area (Å²) in [4.78, 5) is 27.0. The third-order valence-corrected chi connectivity index (χ3v) is 6.12. The third-order valence-electron chi connectivity index (χ3n) is 4.70. The number of nitrogens with one attached hydrogen (secondary N) is 1. The fourth-order valence-corrected chi connectivity index (χ4v) is 4.13. The molecular weight excluding hydrogens is 533 g/mol. The van der Waals surface area contributed by atoms with E-state index in [1.807, 2.05) is 13.8 Å². The zero-order chi connectivity index (χ0) is 24.9. The molecule has 34 heavy (non-hydrogen) atoms. The monoisotopic (exact) mass is 554 g/mol. The van der Waals surface area contributed by atoms with Gasteiger partial charge in [-0.15, -0.1) is 10.2 Å². The molecule has 0 unspecified atom stereocenters. The van der Waals surface area contributed by atoms with Crippen molar-refractivity contribution in [3.8, 4) is 10.6 Å². The number of halogens is 4. The highest BCUT2D eigenvalue weighted by molar-refractivity contribution is 9.10. The van der Waals surface area contributed by atoms with Crippen LogP contribution in [0, 0.1) is 5.92 Å². The van der Waals surface area contributed by atoms with Gasteiger partial charge in [0.15, 0.2) is 0 Å². The number of carbonyl (C=O) groups is 2. The first-order chi connectivity index (χ1) is 16.0. The number of hydrogen-bond donors (Lipinski definition) is 1. The van der Waals surface area contributed by atoms with Crippen molar-refractivity contribution in [1.29, 1.82) is 0 Å². The Morgan fingerprint density at radius 3 is 2.29 bits per heavy atom. The molecule has 0 aliphatic carbocycles. The minimum absolute atomic E-state index is 0.0597. The molecule has 1 heterocycles. The lowest BCUT2D eigenvalue weighted by Gasteiger charge is -2.24. The summed E-state index contributed by atoms with van der Waals surface area (Å²) in [5.74, 6) is -0.279. The maximum atomic E-state index is 12.9. The first-order valence-corrected chi connectivity index (χ1v) is 12.0. The Morgan fingerprint density at radius 2 is 1.71 bits per heavy atom. The smallest absolute Gasteiger partial charge is 0.338 e. The number of alkyl halides is 3. The van der Waals surface area contributed by atoms with Crippen LogP contribution in [-0.4, -0.2) is 40.0 Å². The van der Waals surface area contributed by atoms with E-state index in [9.17, 15) is 22.8 Å². The number of hydrogen-bond acceptors (Lipinski definition) is 5. The molecule has 2 amide bonds. The van der Waals surface area contributed by atoms with Crippen LogP contribution >= 0.6 is 27.3 Å². The standard InChI is InChI=1S/C23H22BrF3N4O2S/c1-14(2)13-31(21(33)16-5-9-18(24)10-6-16)12-11-19(32)28-22-30-29-20(34-22)15-3-7-17(8-4-15)23(25,26)27/h3-10,14H,11-13H2,1-2H3,(H,28,30,32). The fraction of sp³-hybridized carbons (Fsp3) is 0.304. The minimum Gasteiger partial charge on any atom is -0.338 e. The number of anilines is 1. The first kappa shape index (κ1) is 25.8. The number of benzene rings is 2. The van der Waals surface area contributed by atoms with E-state index in [-0.39, 0.29) is 35.8 Å². The summed E-state index contributed by atoms with van der Waals surface area (Å²) in [6.07, 6.45) is -4.36. The van der Waals surface area contributed by atoms with Crippen LogP contribution in [0.1, 0.15) is 36.2 Å². The lowest BCUT2D eigenvalue weighted by molar-refractivity contribution is -0.137. The van der Waals surface area contributed by atoms with Gasteiger partial charge in [0.2, 0.25) is 11.0 Å². The van der Waals surface area contributed by atoms with Crippen LogP contribution in [-0.2, 0) is 11.0 Å². The Hall–Kier alpha value is -2.79. The number of amides is 2. The minimum atomic E-state index is -4.42. The van der Waals surface area contributed by atoms with Crippen LogP contribution in [0.25, 0.3) is 10.6 Å². The van der Waals surface area contributed by atoms with E-state index in [4.69, 9.17) is 0 Å². The van der Waals surface area contributed by atoms with Crippen molar-refractivity contribution >= 4 is 44.2 Å². The van der Waals surface area contributed by atoms with Gasteiger partial charge in [-0.2, -0.15) is 13.2 Å². The molecule has 0 saturated carbocycles. The van der Waals surface area contributed by atoms with Crippen LogP contribution in [0.4, 0.5) is 18.3 Å². The summed E-state index contributed by atoms with van der Waals surface area (Å²) in [7, 11) is 0. The predicted molar refractivity (Wildman–Crippen MR) is 128 cm³/mol. The molecule has 1 aromatic heterocycles. The Morgan fingerprint density at radius 1 is 1.06 bits per heavy atom. The molecule has 0 aliphatic rings. The number of rotatable bonds is 8. The molecule has 0 radical (unpaired) electrons. The molecule has 0 aliphatic heterocycles. The van der Waals surface area contributed by atoms with Gasteiger partial charge in [-0.3, -0.25) is 9.59 Å². The van der Waals surface area contributed by atoms with Crippen LogP contribution in [0.5, 0.6) is 0 Å². The van der Waals surface area contributed by atoms with Gasteiger partial charge in [0.05, 0.1) is 5.56 Å². The molecule has 6 nitrogen and oxygen atoms in total. The second-order valence-corrected chi connectivity index (χ2v) is 9.83. The van der Waals surface area contributed by atoms with E-state index in [1.54, 1.807) is 29.2 Å². The molecule has 1 N–H and O–H groups in total. The summed E-state index contributed by atoms with van der Waals surface area (Å²) in [5.41, 5.74) is 0.252. The van der Waals surface area contributed by atoms with Crippen LogP contribution in [0.15, 0.2) is 53.0 Å². The topological polar surface area (TPSA) is 75.2 Å². The van der Waals surface area contributed by atoms with Crippen LogP contribution < -0.4 is 5.32 Å². The van der Waals surface area contributed by atoms with Gasteiger partial charge in [-0.25, -0.2) is 0 Å². The predicted octanol–water partition coefficient (Wildman–Crippen LogP) is 6.11. The Labute approximate surface area is 207 Å². The van der Waals surface area contributed by atoms with Gasteiger partial charge in [0.25, 0.3) is 5.91 Å². The molecule has 0 fully saturated rings. The SMILES string of the molecule is CC(C)CN(CCC(=O)Nc1nnc(-c2ccc(C(F)(F)F)cc2)s1)C(=O)c1ccc(Br)cc1. The maximum Gasteiger partial charge on any atom is 0.416 e.